The Bertz CT molecular complexity index is 665. The number of amides is 1. The van der Waals surface area contributed by atoms with Gasteiger partial charge in [0.25, 0.3) is 5.91 Å². The number of likely N-dealkylation sites (N-methyl/N-ethyl adjacent to an activating group) is 1. The van der Waals surface area contributed by atoms with E-state index >= 15 is 0 Å². The van der Waals surface area contributed by atoms with Crippen molar-refractivity contribution in [1.82, 2.24) is 19.4 Å². The number of nitrogens with zero attached hydrogens (tertiary/aromatic N) is 4. The maximum absolute atomic E-state index is 12.8. The van der Waals surface area contributed by atoms with E-state index in [1.807, 2.05) is 48.4 Å². The lowest BCUT2D eigenvalue weighted by atomic mass is 10.2. The number of rotatable bonds is 5. The van der Waals surface area contributed by atoms with Crippen molar-refractivity contribution >= 4 is 5.91 Å². The zero-order chi connectivity index (χ0) is 16.2. The Balaban J connectivity index is 1.75. The van der Waals surface area contributed by atoms with Gasteiger partial charge in [0.05, 0.1) is 6.54 Å². The molecule has 2 aromatic rings. The molecule has 0 saturated carbocycles. The van der Waals surface area contributed by atoms with Crippen molar-refractivity contribution in [2.75, 3.05) is 19.6 Å². The van der Waals surface area contributed by atoms with Crippen LogP contribution in [0.1, 0.15) is 35.7 Å². The summed E-state index contributed by atoms with van der Waals surface area (Å²) in [6, 6.07) is 10.1. The standard InChI is InChI=1S/C18H24N4O/c1-3-20-10-11-22-13-16(19-17(22)14-20)18(23)21(4-2)12-15-8-6-5-7-9-15/h5-9,13H,3-4,10-12,14H2,1-2H3. The van der Waals surface area contributed by atoms with Gasteiger partial charge in [-0.3, -0.25) is 9.69 Å². The number of imidazole rings is 1. The topological polar surface area (TPSA) is 41.4 Å². The Morgan fingerprint density at radius 2 is 2.00 bits per heavy atom. The van der Waals surface area contributed by atoms with Crippen LogP contribution in [0.2, 0.25) is 0 Å². The number of aromatic nitrogens is 2. The molecule has 0 atom stereocenters. The van der Waals surface area contributed by atoms with Gasteiger partial charge in [-0.2, -0.15) is 0 Å². The SMILES string of the molecule is CCN1CCn2cc(C(=O)N(CC)Cc3ccccc3)nc2C1. The maximum Gasteiger partial charge on any atom is 0.274 e. The molecule has 0 radical (unpaired) electrons. The van der Waals surface area contributed by atoms with Crippen molar-refractivity contribution in [3.05, 3.63) is 53.6 Å². The molecule has 1 aliphatic rings. The van der Waals surface area contributed by atoms with E-state index in [1.165, 1.54) is 0 Å². The Kier molecular flexibility index (Phi) is 4.76. The smallest absolute Gasteiger partial charge is 0.274 e. The fourth-order valence-electron chi connectivity index (χ4n) is 2.97. The highest BCUT2D eigenvalue weighted by Gasteiger charge is 2.22. The third kappa shape index (κ3) is 3.45. The predicted octanol–water partition coefficient (Wildman–Crippen LogP) is 2.38. The lowest BCUT2D eigenvalue weighted by Gasteiger charge is -2.25. The van der Waals surface area contributed by atoms with Crippen LogP contribution >= 0.6 is 0 Å². The predicted molar refractivity (Wildman–Crippen MR) is 90.0 cm³/mol. The monoisotopic (exact) mass is 312 g/mol. The van der Waals surface area contributed by atoms with Gasteiger partial charge in [-0.05, 0) is 19.0 Å². The summed E-state index contributed by atoms with van der Waals surface area (Å²) in [5.41, 5.74) is 1.71. The fraction of sp³-hybridized carbons (Fsp3) is 0.444. The van der Waals surface area contributed by atoms with Gasteiger partial charge < -0.3 is 9.47 Å². The van der Waals surface area contributed by atoms with E-state index in [0.717, 1.165) is 37.6 Å². The molecule has 0 spiro atoms. The molecular formula is C18H24N4O. The second-order valence-corrected chi connectivity index (χ2v) is 5.91. The van der Waals surface area contributed by atoms with Gasteiger partial charge in [0.2, 0.25) is 0 Å². The molecule has 0 fully saturated rings. The molecule has 0 unspecified atom stereocenters. The molecule has 1 amide bonds. The second-order valence-electron chi connectivity index (χ2n) is 5.91. The number of hydrogen-bond acceptors (Lipinski definition) is 3. The number of carbonyl (C=O) groups is 1. The largest absolute Gasteiger partial charge is 0.333 e. The minimum absolute atomic E-state index is 0.0151. The van der Waals surface area contributed by atoms with Crippen LogP contribution in [-0.4, -0.2) is 44.9 Å². The first-order chi connectivity index (χ1) is 11.2. The first kappa shape index (κ1) is 15.7. The van der Waals surface area contributed by atoms with E-state index in [-0.39, 0.29) is 5.91 Å². The van der Waals surface area contributed by atoms with Gasteiger partial charge in [0.1, 0.15) is 11.5 Å². The second kappa shape index (κ2) is 6.96. The van der Waals surface area contributed by atoms with Crippen molar-refractivity contribution in [1.29, 1.82) is 0 Å². The van der Waals surface area contributed by atoms with Crippen molar-refractivity contribution in [2.24, 2.45) is 0 Å². The van der Waals surface area contributed by atoms with E-state index in [1.54, 1.807) is 0 Å². The van der Waals surface area contributed by atoms with Crippen molar-refractivity contribution < 1.29 is 4.79 Å². The zero-order valence-electron chi connectivity index (χ0n) is 13.9. The van der Waals surface area contributed by atoms with Gasteiger partial charge in [-0.1, -0.05) is 37.3 Å². The molecule has 2 heterocycles. The first-order valence-corrected chi connectivity index (χ1v) is 8.32. The zero-order valence-corrected chi connectivity index (χ0v) is 13.9. The van der Waals surface area contributed by atoms with Gasteiger partial charge in [0.15, 0.2) is 0 Å². The minimum Gasteiger partial charge on any atom is -0.333 e. The molecular weight excluding hydrogens is 288 g/mol. The van der Waals surface area contributed by atoms with Gasteiger partial charge in [-0.25, -0.2) is 4.98 Å². The highest BCUT2D eigenvalue weighted by atomic mass is 16.2. The van der Waals surface area contributed by atoms with E-state index in [2.05, 4.69) is 21.4 Å². The molecule has 0 N–H and O–H groups in total. The first-order valence-electron chi connectivity index (χ1n) is 8.32. The quantitative estimate of drug-likeness (QED) is 0.851. The summed E-state index contributed by atoms with van der Waals surface area (Å²) in [5.74, 6) is 1.01. The molecule has 0 bridgehead atoms. The molecule has 5 heteroatoms. The van der Waals surface area contributed by atoms with E-state index in [4.69, 9.17) is 0 Å². The van der Waals surface area contributed by atoms with Crippen LogP contribution < -0.4 is 0 Å². The lowest BCUT2D eigenvalue weighted by molar-refractivity contribution is 0.0747. The van der Waals surface area contributed by atoms with E-state index < -0.39 is 0 Å². The molecule has 3 rings (SSSR count). The normalized spacial score (nSPS) is 14.5. The summed E-state index contributed by atoms with van der Waals surface area (Å²) in [6.45, 7) is 9.25. The van der Waals surface area contributed by atoms with Crippen molar-refractivity contribution in [3.8, 4) is 0 Å². The van der Waals surface area contributed by atoms with Crippen LogP contribution in [0.4, 0.5) is 0 Å². The summed E-state index contributed by atoms with van der Waals surface area (Å²) >= 11 is 0. The average molecular weight is 312 g/mol. The third-order valence-corrected chi connectivity index (χ3v) is 4.43. The van der Waals surface area contributed by atoms with E-state index in [0.29, 0.717) is 18.8 Å². The van der Waals surface area contributed by atoms with Crippen molar-refractivity contribution in [3.63, 3.8) is 0 Å². The van der Waals surface area contributed by atoms with Crippen LogP contribution in [0.5, 0.6) is 0 Å². The summed E-state index contributed by atoms with van der Waals surface area (Å²) in [5, 5.41) is 0. The van der Waals surface area contributed by atoms with Gasteiger partial charge in [0, 0.05) is 32.4 Å². The van der Waals surface area contributed by atoms with Crippen LogP contribution in [-0.2, 0) is 19.6 Å². The van der Waals surface area contributed by atoms with Crippen molar-refractivity contribution in [2.45, 2.75) is 33.5 Å². The Labute approximate surface area is 137 Å². The summed E-state index contributed by atoms with van der Waals surface area (Å²) in [6.07, 6.45) is 1.92. The third-order valence-electron chi connectivity index (χ3n) is 4.43. The molecule has 1 aliphatic heterocycles. The number of carbonyl (C=O) groups excluding carboxylic acids is 1. The molecule has 0 saturated heterocycles. The Morgan fingerprint density at radius 1 is 1.22 bits per heavy atom. The average Bonchev–Trinajstić information content (AvgIpc) is 3.03. The van der Waals surface area contributed by atoms with Crippen LogP contribution in [0.25, 0.3) is 0 Å². The highest BCUT2D eigenvalue weighted by Crippen LogP contribution is 2.15. The molecule has 23 heavy (non-hydrogen) atoms. The molecule has 0 aliphatic carbocycles. The molecule has 122 valence electrons. The van der Waals surface area contributed by atoms with Crippen LogP contribution in [0.15, 0.2) is 36.5 Å². The maximum atomic E-state index is 12.8. The van der Waals surface area contributed by atoms with Gasteiger partial charge in [-0.15, -0.1) is 0 Å². The lowest BCUT2D eigenvalue weighted by Crippen LogP contribution is -2.33. The minimum atomic E-state index is 0.0151. The molecule has 1 aromatic heterocycles. The summed E-state index contributed by atoms with van der Waals surface area (Å²) in [7, 11) is 0. The van der Waals surface area contributed by atoms with Crippen LogP contribution in [0.3, 0.4) is 0 Å². The summed E-state index contributed by atoms with van der Waals surface area (Å²) < 4.78 is 2.12. The summed E-state index contributed by atoms with van der Waals surface area (Å²) in [4.78, 5) is 21.6. The van der Waals surface area contributed by atoms with Crippen LogP contribution in [0, 0.1) is 0 Å². The molecule has 1 aromatic carbocycles. The van der Waals surface area contributed by atoms with Gasteiger partial charge >= 0.3 is 0 Å². The fourth-order valence-corrected chi connectivity index (χ4v) is 2.97. The number of fused-ring (bicyclic) bond motifs is 1. The van der Waals surface area contributed by atoms with E-state index in [9.17, 15) is 4.79 Å². The Morgan fingerprint density at radius 3 is 2.70 bits per heavy atom. The Hall–Kier alpha value is -2.14. The molecule has 5 nitrogen and oxygen atoms in total. The number of hydrogen-bond donors (Lipinski definition) is 0. The number of benzene rings is 1. The highest BCUT2D eigenvalue weighted by molar-refractivity contribution is 5.92.